The molecule has 1 saturated heterocycles. The van der Waals surface area contributed by atoms with Crippen molar-refractivity contribution in [1.82, 2.24) is 10.2 Å². The fourth-order valence-electron chi connectivity index (χ4n) is 3.15. The molecule has 23 heavy (non-hydrogen) atoms. The number of methoxy groups -OCH3 is 1. The van der Waals surface area contributed by atoms with Crippen molar-refractivity contribution in [2.75, 3.05) is 40.0 Å². The first-order chi connectivity index (χ1) is 11.3. The summed E-state index contributed by atoms with van der Waals surface area (Å²) in [6.07, 6.45) is 3.89. The topological polar surface area (TPSA) is 50.8 Å². The van der Waals surface area contributed by atoms with Gasteiger partial charge in [0.25, 0.3) is 5.91 Å². The smallest absolute Gasteiger partial charge is 0.255 e. The van der Waals surface area contributed by atoms with Crippen LogP contribution in [-0.4, -0.2) is 56.8 Å². The minimum absolute atomic E-state index is 0.0529. The van der Waals surface area contributed by atoms with E-state index < -0.39 is 0 Å². The van der Waals surface area contributed by atoms with Gasteiger partial charge in [0.2, 0.25) is 0 Å². The maximum absolute atomic E-state index is 12.4. The van der Waals surface area contributed by atoms with Crippen LogP contribution in [0.25, 0.3) is 0 Å². The quantitative estimate of drug-likeness (QED) is 0.744. The third-order valence-corrected chi connectivity index (χ3v) is 4.61. The number of carbonyl (C=O) groups is 1. The highest BCUT2D eigenvalue weighted by Crippen LogP contribution is 2.31. The maximum Gasteiger partial charge on any atom is 0.255 e. The number of hydrogen-bond donors (Lipinski definition) is 1. The van der Waals surface area contributed by atoms with Gasteiger partial charge in [-0.25, -0.2) is 0 Å². The summed E-state index contributed by atoms with van der Waals surface area (Å²) in [5.74, 6) is 1.14. The predicted molar refractivity (Wildman–Crippen MR) is 88.8 cm³/mol. The molecule has 0 aromatic heterocycles. The summed E-state index contributed by atoms with van der Waals surface area (Å²) in [5, 5.41) is 3.07. The standard InChI is InChI=1S/C18H26N2O3/c1-22-10-11-23-17-5-3-2-4-16(17)18(21)19-12-14-8-9-20(13-14)15-6-7-15/h2-5,14-15H,6-13H2,1H3,(H,19,21)/t14-/m0/s1. The van der Waals surface area contributed by atoms with Crippen molar-refractivity contribution in [3.8, 4) is 5.75 Å². The number of benzene rings is 1. The summed E-state index contributed by atoms with van der Waals surface area (Å²) in [6.45, 7) is 4.00. The fraction of sp³-hybridized carbons (Fsp3) is 0.611. The third kappa shape index (κ3) is 4.45. The Labute approximate surface area is 137 Å². The minimum Gasteiger partial charge on any atom is -0.490 e. The molecule has 2 aliphatic rings. The van der Waals surface area contributed by atoms with Crippen molar-refractivity contribution in [2.24, 2.45) is 5.92 Å². The van der Waals surface area contributed by atoms with Crippen molar-refractivity contribution >= 4 is 5.91 Å². The van der Waals surface area contributed by atoms with E-state index in [0.29, 0.717) is 30.4 Å². The number of ether oxygens (including phenoxy) is 2. The summed E-state index contributed by atoms with van der Waals surface area (Å²) in [7, 11) is 1.63. The van der Waals surface area contributed by atoms with Crippen molar-refractivity contribution in [2.45, 2.75) is 25.3 Å². The van der Waals surface area contributed by atoms with Crippen molar-refractivity contribution in [3.05, 3.63) is 29.8 Å². The number of para-hydroxylation sites is 1. The summed E-state index contributed by atoms with van der Waals surface area (Å²) >= 11 is 0. The number of hydrogen-bond acceptors (Lipinski definition) is 4. The third-order valence-electron chi connectivity index (χ3n) is 4.61. The molecule has 1 aromatic carbocycles. The Balaban J connectivity index is 1.49. The van der Waals surface area contributed by atoms with E-state index in [1.54, 1.807) is 7.11 Å². The van der Waals surface area contributed by atoms with Crippen LogP contribution in [0.1, 0.15) is 29.6 Å². The monoisotopic (exact) mass is 318 g/mol. The van der Waals surface area contributed by atoms with Gasteiger partial charge in [0.15, 0.2) is 0 Å². The van der Waals surface area contributed by atoms with Crippen molar-refractivity contribution in [1.29, 1.82) is 0 Å². The zero-order valence-corrected chi connectivity index (χ0v) is 13.8. The number of nitrogens with zero attached hydrogens (tertiary/aromatic N) is 1. The lowest BCUT2D eigenvalue weighted by Gasteiger charge is -2.16. The van der Waals surface area contributed by atoms with Gasteiger partial charge in [-0.05, 0) is 43.9 Å². The van der Waals surface area contributed by atoms with Crippen molar-refractivity contribution in [3.63, 3.8) is 0 Å². The normalized spacial score (nSPS) is 21.3. The zero-order chi connectivity index (χ0) is 16.1. The van der Waals surface area contributed by atoms with Gasteiger partial charge in [0, 0.05) is 26.2 Å². The average Bonchev–Trinajstić information content (AvgIpc) is 3.32. The highest BCUT2D eigenvalue weighted by Gasteiger charge is 2.34. The second-order valence-corrected chi connectivity index (χ2v) is 6.43. The first-order valence-electron chi connectivity index (χ1n) is 8.51. The molecule has 1 amide bonds. The number of amides is 1. The van der Waals surface area contributed by atoms with E-state index in [-0.39, 0.29) is 5.91 Å². The molecule has 126 valence electrons. The number of rotatable bonds is 8. The molecule has 3 rings (SSSR count). The van der Waals surface area contributed by atoms with Gasteiger partial charge in [0.1, 0.15) is 12.4 Å². The Bertz CT molecular complexity index is 531. The molecule has 0 bridgehead atoms. The summed E-state index contributed by atoms with van der Waals surface area (Å²) < 4.78 is 10.6. The number of carbonyl (C=O) groups excluding carboxylic acids is 1. The molecule has 5 nitrogen and oxygen atoms in total. The van der Waals surface area contributed by atoms with Crippen LogP contribution in [0.3, 0.4) is 0 Å². The molecular weight excluding hydrogens is 292 g/mol. The Morgan fingerprint density at radius 3 is 2.87 bits per heavy atom. The molecule has 1 aliphatic heterocycles. The molecule has 5 heteroatoms. The molecule has 1 aliphatic carbocycles. The Kier molecular flexibility index (Phi) is 5.51. The SMILES string of the molecule is COCCOc1ccccc1C(=O)NC[C@@H]1CCN(C2CC2)C1. The van der Waals surface area contributed by atoms with Gasteiger partial charge in [-0.2, -0.15) is 0 Å². The largest absolute Gasteiger partial charge is 0.490 e. The summed E-state index contributed by atoms with van der Waals surface area (Å²) in [5.41, 5.74) is 0.598. The first kappa shape index (κ1) is 16.3. The van der Waals surface area contributed by atoms with E-state index >= 15 is 0 Å². The van der Waals surface area contributed by atoms with Gasteiger partial charge in [-0.15, -0.1) is 0 Å². The molecule has 1 atom stereocenters. The van der Waals surface area contributed by atoms with E-state index in [1.807, 2.05) is 24.3 Å². The highest BCUT2D eigenvalue weighted by atomic mass is 16.5. The second kappa shape index (κ2) is 7.79. The molecule has 2 fully saturated rings. The van der Waals surface area contributed by atoms with Crippen LogP contribution < -0.4 is 10.1 Å². The maximum atomic E-state index is 12.4. The van der Waals surface area contributed by atoms with Gasteiger partial charge in [-0.1, -0.05) is 12.1 Å². The molecule has 1 saturated carbocycles. The lowest BCUT2D eigenvalue weighted by molar-refractivity contribution is 0.0939. The van der Waals surface area contributed by atoms with Crippen LogP contribution in [0.2, 0.25) is 0 Å². The van der Waals surface area contributed by atoms with E-state index in [9.17, 15) is 4.79 Å². The van der Waals surface area contributed by atoms with Gasteiger partial charge in [0.05, 0.1) is 12.2 Å². The molecule has 1 N–H and O–H groups in total. The van der Waals surface area contributed by atoms with Crippen LogP contribution in [-0.2, 0) is 4.74 Å². The lowest BCUT2D eigenvalue weighted by atomic mass is 10.1. The van der Waals surface area contributed by atoms with E-state index in [2.05, 4.69) is 10.2 Å². The highest BCUT2D eigenvalue weighted by molar-refractivity contribution is 5.96. The Hall–Kier alpha value is -1.59. The molecular formula is C18H26N2O3. The average molecular weight is 318 g/mol. The van der Waals surface area contributed by atoms with E-state index in [1.165, 1.54) is 25.8 Å². The zero-order valence-electron chi connectivity index (χ0n) is 13.8. The molecule has 0 radical (unpaired) electrons. The molecule has 1 heterocycles. The molecule has 1 aromatic rings. The predicted octanol–water partition coefficient (Wildman–Crippen LogP) is 1.93. The van der Waals surface area contributed by atoms with Crippen LogP contribution >= 0.6 is 0 Å². The first-order valence-corrected chi connectivity index (χ1v) is 8.51. The Morgan fingerprint density at radius 1 is 1.26 bits per heavy atom. The van der Waals surface area contributed by atoms with Gasteiger partial charge >= 0.3 is 0 Å². The summed E-state index contributed by atoms with van der Waals surface area (Å²) in [6, 6.07) is 8.20. The molecule has 0 spiro atoms. The van der Waals surface area contributed by atoms with Crippen LogP contribution in [0.15, 0.2) is 24.3 Å². The lowest BCUT2D eigenvalue weighted by Crippen LogP contribution is -2.31. The molecule has 0 unspecified atom stereocenters. The van der Waals surface area contributed by atoms with Crippen LogP contribution in [0.4, 0.5) is 0 Å². The fourth-order valence-corrected chi connectivity index (χ4v) is 3.15. The minimum atomic E-state index is -0.0529. The van der Waals surface area contributed by atoms with Crippen molar-refractivity contribution < 1.29 is 14.3 Å². The van der Waals surface area contributed by atoms with E-state index in [4.69, 9.17) is 9.47 Å². The van der Waals surface area contributed by atoms with Crippen LogP contribution in [0.5, 0.6) is 5.75 Å². The Morgan fingerprint density at radius 2 is 2.09 bits per heavy atom. The summed E-state index contributed by atoms with van der Waals surface area (Å²) in [4.78, 5) is 15.0. The number of likely N-dealkylation sites (tertiary alicyclic amines) is 1. The van der Waals surface area contributed by atoms with Gasteiger partial charge in [-0.3, -0.25) is 4.79 Å². The van der Waals surface area contributed by atoms with Crippen LogP contribution in [0, 0.1) is 5.92 Å². The van der Waals surface area contributed by atoms with Gasteiger partial charge < -0.3 is 19.7 Å². The second-order valence-electron chi connectivity index (χ2n) is 6.43. The number of nitrogens with one attached hydrogen (secondary N) is 1. The van der Waals surface area contributed by atoms with E-state index in [0.717, 1.165) is 19.1 Å².